The summed E-state index contributed by atoms with van der Waals surface area (Å²) in [5.74, 6) is 4.62. The second-order valence-electron chi connectivity index (χ2n) is 1.80. The van der Waals surface area contributed by atoms with Crippen molar-refractivity contribution in [1.29, 1.82) is 0 Å². The lowest BCUT2D eigenvalue weighted by molar-refractivity contribution is -0.121. The molecule has 1 heterocycles. The normalized spacial score (nSPS) is 7.75. The van der Waals surface area contributed by atoms with Crippen LogP contribution in [-0.4, -0.2) is 15.5 Å². The Labute approximate surface area is 82.1 Å². The Bertz CT molecular complexity index is 213. The molecule has 0 aliphatic heterocycles. The molecule has 1 aromatic rings. The lowest BCUT2D eigenvalue weighted by atomic mass is 10.6. The van der Waals surface area contributed by atoms with Crippen molar-refractivity contribution < 1.29 is 4.79 Å². The monoisotopic (exact) mass is 212 g/mol. The number of nitrogens with two attached hydrogens (primary N) is 1. The van der Waals surface area contributed by atoms with E-state index < -0.39 is 0 Å². The number of aromatic nitrogens is 2. The highest BCUT2D eigenvalue weighted by atomic mass is 35.5. The van der Waals surface area contributed by atoms with Crippen LogP contribution in [0.15, 0.2) is 18.7 Å². The van der Waals surface area contributed by atoms with Gasteiger partial charge in [0.1, 0.15) is 6.54 Å². The summed E-state index contributed by atoms with van der Waals surface area (Å²) in [6.07, 6.45) is 4.84. The van der Waals surface area contributed by atoms with Gasteiger partial charge in [-0.3, -0.25) is 10.2 Å². The molecule has 1 amide bonds. The van der Waals surface area contributed by atoms with Gasteiger partial charge in [-0.25, -0.2) is 10.8 Å². The van der Waals surface area contributed by atoms with E-state index in [4.69, 9.17) is 5.84 Å². The topological polar surface area (TPSA) is 72.9 Å². The van der Waals surface area contributed by atoms with E-state index >= 15 is 0 Å². The summed E-state index contributed by atoms with van der Waals surface area (Å²) < 4.78 is 1.63. The van der Waals surface area contributed by atoms with Gasteiger partial charge in [-0.1, -0.05) is 0 Å². The number of imidazole rings is 1. The van der Waals surface area contributed by atoms with Crippen LogP contribution in [0.1, 0.15) is 0 Å². The van der Waals surface area contributed by atoms with Gasteiger partial charge in [0.2, 0.25) is 0 Å². The Morgan fingerprint density at radius 2 is 2.25 bits per heavy atom. The average Bonchev–Trinajstić information content (AvgIpc) is 2.40. The number of hydrogen-bond acceptors (Lipinski definition) is 3. The fourth-order valence-electron chi connectivity index (χ4n) is 0.592. The lowest BCUT2D eigenvalue weighted by Gasteiger charge is -1.97. The maximum Gasteiger partial charge on any atom is 0.253 e. The van der Waals surface area contributed by atoms with Crippen molar-refractivity contribution >= 4 is 30.7 Å². The molecule has 0 spiro atoms. The van der Waals surface area contributed by atoms with Gasteiger partial charge in [0.05, 0.1) is 6.33 Å². The number of hydrogen-bond donors (Lipinski definition) is 2. The highest BCUT2D eigenvalue weighted by Gasteiger charge is 1.96. The molecule has 0 aliphatic rings. The molecule has 0 aliphatic carbocycles. The van der Waals surface area contributed by atoms with Crippen LogP contribution in [0, 0.1) is 0 Å². The summed E-state index contributed by atoms with van der Waals surface area (Å²) in [5.41, 5.74) is 2.02. The van der Waals surface area contributed by atoms with Crippen molar-refractivity contribution in [3.63, 3.8) is 0 Å². The number of amides is 1. The molecular formula is C5H10Cl2N4O. The predicted octanol–water partition coefficient (Wildman–Crippen LogP) is -0.283. The third kappa shape index (κ3) is 4.17. The van der Waals surface area contributed by atoms with Crippen LogP contribution in [-0.2, 0) is 11.3 Å². The van der Waals surface area contributed by atoms with Gasteiger partial charge in [-0.05, 0) is 0 Å². The maximum absolute atomic E-state index is 10.6. The highest BCUT2D eigenvalue weighted by molar-refractivity contribution is 5.85. The summed E-state index contributed by atoms with van der Waals surface area (Å²) in [6.45, 7) is 0.219. The molecule has 3 N–H and O–H groups in total. The highest BCUT2D eigenvalue weighted by Crippen LogP contribution is 1.83. The van der Waals surface area contributed by atoms with Crippen molar-refractivity contribution in [3.8, 4) is 0 Å². The van der Waals surface area contributed by atoms with E-state index in [2.05, 4.69) is 4.98 Å². The van der Waals surface area contributed by atoms with Crippen LogP contribution in [0.3, 0.4) is 0 Å². The van der Waals surface area contributed by atoms with Gasteiger partial charge < -0.3 is 4.57 Å². The average molecular weight is 213 g/mol. The summed E-state index contributed by atoms with van der Waals surface area (Å²) in [4.78, 5) is 14.3. The number of rotatable bonds is 2. The molecule has 0 unspecified atom stereocenters. The summed E-state index contributed by atoms with van der Waals surface area (Å²) >= 11 is 0. The van der Waals surface area contributed by atoms with E-state index in [9.17, 15) is 4.79 Å². The number of nitrogens with zero attached hydrogens (tertiary/aromatic N) is 2. The minimum Gasteiger partial charge on any atom is -0.328 e. The maximum atomic E-state index is 10.6. The molecule has 7 heteroatoms. The number of carbonyl (C=O) groups excluding carboxylic acids is 1. The standard InChI is InChI=1S/C5H8N4O.2ClH/c6-8-5(10)3-9-2-1-7-4-9;;/h1-2,4H,3,6H2,(H,8,10);2*1H. The lowest BCUT2D eigenvalue weighted by Crippen LogP contribution is -2.32. The molecule has 0 saturated carbocycles. The van der Waals surface area contributed by atoms with Crippen LogP contribution in [0.2, 0.25) is 0 Å². The van der Waals surface area contributed by atoms with Gasteiger partial charge in [0.25, 0.3) is 5.91 Å². The molecule has 0 saturated heterocycles. The number of nitrogens with one attached hydrogen (secondary N) is 1. The van der Waals surface area contributed by atoms with Gasteiger partial charge in [0.15, 0.2) is 0 Å². The fourth-order valence-corrected chi connectivity index (χ4v) is 0.592. The van der Waals surface area contributed by atoms with E-state index in [0.29, 0.717) is 0 Å². The second-order valence-corrected chi connectivity index (χ2v) is 1.80. The van der Waals surface area contributed by atoms with Crippen LogP contribution in [0.4, 0.5) is 0 Å². The van der Waals surface area contributed by atoms with Crippen molar-refractivity contribution in [2.45, 2.75) is 6.54 Å². The minimum atomic E-state index is -0.238. The van der Waals surface area contributed by atoms with E-state index in [1.807, 2.05) is 5.43 Å². The third-order valence-corrected chi connectivity index (χ3v) is 1.05. The molecule has 1 rings (SSSR count). The van der Waals surface area contributed by atoms with Gasteiger partial charge in [0, 0.05) is 12.4 Å². The largest absolute Gasteiger partial charge is 0.328 e. The number of hydrazine groups is 1. The first-order chi connectivity index (χ1) is 4.83. The van der Waals surface area contributed by atoms with Gasteiger partial charge in [-0.15, -0.1) is 24.8 Å². The minimum absolute atomic E-state index is 0. The smallest absolute Gasteiger partial charge is 0.253 e. The molecule has 0 bridgehead atoms. The third-order valence-electron chi connectivity index (χ3n) is 1.05. The second kappa shape index (κ2) is 6.90. The molecule has 1 aromatic heterocycles. The summed E-state index contributed by atoms with van der Waals surface area (Å²) in [7, 11) is 0. The van der Waals surface area contributed by atoms with Crippen molar-refractivity contribution in [3.05, 3.63) is 18.7 Å². The predicted molar refractivity (Wildman–Crippen MR) is 49.1 cm³/mol. The fraction of sp³-hybridized carbons (Fsp3) is 0.200. The molecule has 5 nitrogen and oxygen atoms in total. The zero-order chi connectivity index (χ0) is 7.40. The molecule has 70 valence electrons. The Kier molecular flexibility index (Phi) is 7.93. The summed E-state index contributed by atoms with van der Waals surface area (Å²) in [6, 6.07) is 0. The van der Waals surface area contributed by atoms with Crippen LogP contribution in [0.25, 0.3) is 0 Å². The summed E-state index contributed by atoms with van der Waals surface area (Å²) in [5, 5.41) is 0. The van der Waals surface area contributed by atoms with Crippen LogP contribution >= 0.6 is 24.8 Å². The molecule has 0 radical (unpaired) electrons. The molecule has 12 heavy (non-hydrogen) atoms. The molecular weight excluding hydrogens is 203 g/mol. The number of halogens is 2. The molecule has 0 atom stereocenters. The van der Waals surface area contributed by atoms with E-state index in [1.165, 1.54) is 0 Å². The van der Waals surface area contributed by atoms with Crippen molar-refractivity contribution in [1.82, 2.24) is 15.0 Å². The quantitative estimate of drug-likeness (QED) is 0.403. The molecule has 0 fully saturated rings. The van der Waals surface area contributed by atoms with Gasteiger partial charge >= 0.3 is 0 Å². The first-order valence-corrected chi connectivity index (χ1v) is 2.78. The SMILES string of the molecule is Cl.Cl.NNC(=O)Cn1ccnc1. The Morgan fingerprint density at radius 1 is 1.58 bits per heavy atom. The van der Waals surface area contributed by atoms with E-state index in [-0.39, 0.29) is 37.3 Å². The Hall–Kier alpha value is -0.780. The van der Waals surface area contributed by atoms with Crippen LogP contribution in [0.5, 0.6) is 0 Å². The zero-order valence-corrected chi connectivity index (χ0v) is 7.77. The Morgan fingerprint density at radius 3 is 2.67 bits per heavy atom. The van der Waals surface area contributed by atoms with Crippen molar-refractivity contribution in [2.75, 3.05) is 0 Å². The Balaban J connectivity index is 0. The van der Waals surface area contributed by atoms with Crippen molar-refractivity contribution in [2.24, 2.45) is 5.84 Å². The zero-order valence-electron chi connectivity index (χ0n) is 6.14. The first kappa shape index (κ1) is 13.8. The first-order valence-electron chi connectivity index (χ1n) is 2.78. The number of carbonyl (C=O) groups is 1. The molecule has 0 aromatic carbocycles. The van der Waals surface area contributed by atoms with E-state index in [1.54, 1.807) is 23.3 Å². The van der Waals surface area contributed by atoms with E-state index in [0.717, 1.165) is 0 Å². The van der Waals surface area contributed by atoms with Gasteiger partial charge in [-0.2, -0.15) is 0 Å². The van der Waals surface area contributed by atoms with Crippen LogP contribution < -0.4 is 11.3 Å².